The average molecular weight is 450 g/mol. The SMILES string of the molecule is COc1cc2nccc(-c3[nH]c4c(c3I)C(=O)NCC4)c2nc1OC. The lowest BCUT2D eigenvalue weighted by atomic mass is 10.1. The van der Waals surface area contributed by atoms with Crippen LogP contribution in [0.5, 0.6) is 11.6 Å². The number of amides is 1. The minimum Gasteiger partial charge on any atom is -0.491 e. The predicted molar refractivity (Wildman–Crippen MR) is 101 cm³/mol. The molecule has 128 valence electrons. The summed E-state index contributed by atoms with van der Waals surface area (Å²) in [5.41, 5.74) is 4.80. The van der Waals surface area contributed by atoms with Crippen LogP contribution in [0.15, 0.2) is 18.3 Å². The minimum atomic E-state index is -0.0429. The lowest BCUT2D eigenvalue weighted by molar-refractivity contribution is 0.0945. The van der Waals surface area contributed by atoms with Crippen LogP contribution in [-0.2, 0) is 6.42 Å². The summed E-state index contributed by atoms with van der Waals surface area (Å²) in [7, 11) is 3.12. The van der Waals surface area contributed by atoms with Crippen LogP contribution >= 0.6 is 22.6 Å². The number of halogens is 1. The van der Waals surface area contributed by atoms with Gasteiger partial charge in [0.15, 0.2) is 5.75 Å². The van der Waals surface area contributed by atoms with E-state index in [1.807, 2.05) is 6.07 Å². The second-order valence-corrected chi connectivity index (χ2v) is 6.68. The predicted octanol–water partition coefficient (Wildman–Crippen LogP) is 2.53. The van der Waals surface area contributed by atoms with Crippen molar-refractivity contribution in [2.24, 2.45) is 0 Å². The molecule has 0 aliphatic carbocycles. The minimum absolute atomic E-state index is 0.0429. The average Bonchev–Trinajstić information content (AvgIpc) is 2.97. The molecule has 1 aliphatic rings. The van der Waals surface area contributed by atoms with E-state index in [0.717, 1.165) is 26.9 Å². The number of carbonyl (C=O) groups is 1. The van der Waals surface area contributed by atoms with E-state index in [1.54, 1.807) is 26.5 Å². The third-order valence-electron chi connectivity index (χ3n) is 4.23. The molecular formula is C17H15IN4O3. The van der Waals surface area contributed by atoms with Crippen molar-refractivity contribution < 1.29 is 14.3 Å². The van der Waals surface area contributed by atoms with Gasteiger partial charge in [0.2, 0.25) is 0 Å². The summed E-state index contributed by atoms with van der Waals surface area (Å²) in [6, 6.07) is 3.69. The maximum atomic E-state index is 12.2. The van der Waals surface area contributed by atoms with E-state index in [9.17, 15) is 4.79 Å². The number of hydrogen-bond donors (Lipinski definition) is 2. The Morgan fingerprint density at radius 1 is 1.28 bits per heavy atom. The first-order chi connectivity index (χ1) is 12.1. The van der Waals surface area contributed by atoms with Crippen LogP contribution in [0.1, 0.15) is 16.1 Å². The maximum Gasteiger partial charge on any atom is 0.257 e. The highest BCUT2D eigenvalue weighted by molar-refractivity contribution is 14.1. The van der Waals surface area contributed by atoms with Crippen molar-refractivity contribution >= 4 is 39.5 Å². The summed E-state index contributed by atoms with van der Waals surface area (Å²) in [6.07, 6.45) is 2.51. The van der Waals surface area contributed by atoms with Gasteiger partial charge in [-0.2, -0.15) is 0 Å². The molecule has 7 nitrogen and oxygen atoms in total. The summed E-state index contributed by atoms with van der Waals surface area (Å²) in [5.74, 6) is 0.881. The molecule has 4 heterocycles. The lowest BCUT2D eigenvalue weighted by Crippen LogP contribution is -2.31. The number of aromatic nitrogens is 3. The van der Waals surface area contributed by atoms with Gasteiger partial charge in [-0.05, 0) is 28.7 Å². The molecule has 4 rings (SSSR count). The number of aromatic amines is 1. The van der Waals surface area contributed by atoms with Gasteiger partial charge in [0.1, 0.15) is 5.52 Å². The Labute approximate surface area is 157 Å². The van der Waals surface area contributed by atoms with Crippen LogP contribution in [0.3, 0.4) is 0 Å². The van der Waals surface area contributed by atoms with E-state index in [1.165, 1.54) is 0 Å². The van der Waals surface area contributed by atoms with Gasteiger partial charge in [0.05, 0.1) is 34.6 Å². The molecule has 0 saturated carbocycles. The topological polar surface area (TPSA) is 89.1 Å². The number of ether oxygens (including phenoxy) is 2. The van der Waals surface area contributed by atoms with Gasteiger partial charge in [-0.1, -0.05) is 0 Å². The third kappa shape index (κ3) is 2.51. The van der Waals surface area contributed by atoms with Crippen molar-refractivity contribution in [3.63, 3.8) is 0 Å². The standard InChI is InChI=1S/C17H15IN4O3/c1-24-11-7-10-14(22-17(11)25-2)8(3-5-19-10)15-13(18)12-9(21-15)4-6-20-16(12)23/h3,5,7,21H,4,6H2,1-2H3,(H,20,23). The number of methoxy groups -OCH3 is 2. The molecule has 1 amide bonds. The largest absolute Gasteiger partial charge is 0.491 e. The zero-order valence-electron chi connectivity index (χ0n) is 13.6. The van der Waals surface area contributed by atoms with Crippen LogP contribution in [0.25, 0.3) is 22.3 Å². The second-order valence-electron chi connectivity index (χ2n) is 5.60. The van der Waals surface area contributed by atoms with Crippen molar-refractivity contribution in [1.29, 1.82) is 0 Å². The van der Waals surface area contributed by atoms with Gasteiger partial charge in [-0.3, -0.25) is 9.78 Å². The van der Waals surface area contributed by atoms with E-state index in [4.69, 9.17) is 9.47 Å². The number of rotatable bonds is 3. The van der Waals surface area contributed by atoms with Crippen LogP contribution in [-0.4, -0.2) is 41.6 Å². The van der Waals surface area contributed by atoms with Gasteiger partial charge in [0.25, 0.3) is 11.8 Å². The first-order valence-electron chi connectivity index (χ1n) is 7.70. The molecule has 3 aromatic heterocycles. The summed E-state index contributed by atoms with van der Waals surface area (Å²) in [4.78, 5) is 24.6. The monoisotopic (exact) mass is 450 g/mol. The van der Waals surface area contributed by atoms with Gasteiger partial charge in [-0.15, -0.1) is 0 Å². The molecule has 0 aromatic carbocycles. The van der Waals surface area contributed by atoms with Crippen molar-refractivity contribution in [2.45, 2.75) is 6.42 Å². The van der Waals surface area contributed by atoms with E-state index >= 15 is 0 Å². The van der Waals surface area contributed by atoms with Gasteiger partial charge in [0, 0.05) is 36.5 Å². The van der Waals surface area contributed by atoms with Gasteiger partial charge in [-0.25, -0.2) is 4.98 Å². The summed E-state index contributed by atoms with van der Waals surface area (Å²) >= 11 is 2.21. The fourth-order valence-electron chi connectivity index (χ4n) is 3.05. The smallest absolute Gasteiger partial charge is 0.257 e. The van der Waals surface area contributed by atoms with E-state index < -0.39 is 0 Å². The maximum absolute atomic E-state index is 12.2. The molecule has 8 heteroatoms. The molecule has 0 unspecified atom stereocenters. The summed E-state index contributed by atoms with van der Waals surface area (Å²) < 4.78 is 11.5. The zero-order valence-corrected chi connectivity index (χ0v) is 15.8. The highest BCUT2D eigenvalue weighted by Gasteiger charge is 2.26. The molecule has 1 aliphatic heterocycles. The molecule has 0 saturated heterocycles. The summed E-state index contributed by atoms with van der Waals surface area (Å²) in [5, 5.41) is 2.89. The fourth-order valence-corrected chi connectivity index (χ4v) is 4.05. The quantitative estimate of drug-likeness (QED) is 0.599. The molecule has 3 aromatic rings. The summed E-state index contributed by atoms with van der Waals surface area (Å²) in [6.45, 7) is 0.641. The number of nitrogens with zero attached hydrogens (tertiary/aromatic N) is 2. The number of carbonyl (C=O) groups excluding carboxylic acids is 1. The normalized spacial score (nSPS) is 13.5. The van der Waals surface area contributed by atoms with Crippen LogP contribution in [0.4, 0.5) is 0 Å². The molecular weight excluding hydrogens is 435 g/mol. The van der Waals surface area contributed by atoms with Crippen molar-refractivity contribution in [2.75, 3.05) is 20.8 Å². The fraction of sp³-hybridized carbons (Fsp3) is 0.235. The number of pyridine rings is 2. The highest BCUT2D eigenvalue weighted by Crippen LogP contribution is 2.36. The number of H-pyrrole nitrogens is 1. The van der Waals surface area contributed by atoms with Gasteiger partial charge < -0.3 is 19.8 Å². The molecule has 0 radical (unpaired) electrons. The van der Waals surface area contributed by atoms with Crippen LogP contribution in [0.2, 0.25) is 0 Å². The van der Waals surface area contributed by atoms with Crippen molar-refractivity contribution in [3.8, 4) is 22.9 Å². The number of hydrogen-bond acceptors (Lipinski definition) is 5. The first kappa shape index (κ1) is 16.1. The Balaban J connectivity index is 1.97. The number of nitrogens with one attached hydrogen (secondary N) is 2. The molecule has 0 bridgehead atoms. The number of fused-ring (bicyclic) bond motifs is 2. The van der Waals surface area contributed by atoms with Crippen LogP contribution in [0, 0.1) is 3.57 Å². The zero-order chi connectivity index (χ0) is 17.6. The second kappa shape index (κ2) is 6.17. The lowest BCUT2D eigenvalue weighted by Gasteiger charge is -2.11. The Kier molecular flexibility index (Phi) is 3.98. The first-order valence-corrected chi connectivity index (χ1v) is 8.78. The van der Waals surface area contributed by atoms with Crippen LogP contribution < -0.4 is 14.8 Å². The Morgan fingerprint density at radius 2 is 2.12 bits per heavy atom. The Bertz CT molecular complexity index is 999. The van der Waals surface area contributed by atoms with E-state index in [0.29, 0.717) is 34.8 Å². The Morgan fingerprint density at radius 3 is 2.84 bits per heavy atom. The molecule has 0 atom stereocenters. The van der Waals surface area contributed by atoms with Crippen molar-refractivity contribution in [3.05, 3.63) is 33.2 Å². The van der Waals surface area contributed by atoms with E-state index in [-0.39, 0.29) is 5.91 Å². The molecule has 0 fully saturated rings. The van der Waals surface area contributed by atoms with Crippen molar-refractivity contribution in [1.82, 2.24) is 20.3 Å². The molecule has 2 N–H and O–H groups in total. The molecule has 25 heavy (non-hydrogen) atoms. The molecule has 0 spiro atoms. The Hall–Kier alpha value is -2.36. The van der Waals surface area contributed by atoms with Gasteiger partial charge >= 0.3 is 0 Å². The highest BCUT2D eigenvalue weighted by atomic mass is 127. The third-order valence-corrected chi connectivity index (χ3v) is 5.31. The van der Waals surface area contributed by atoms with E-state index in [2.05, 4.69) is 42.9 Å².